The molecule has 0 aromatic carbocycles. The maximum Gasteiger partial charge on any atom is 0.340 e. The van der Waals surface area contributed by atoms with Crippen LogP contribution in [0.25, 0.3) is 0 Å². The Balaban J connectivity index is 2.03. The van der Waals surface area contributed by atoms with Crippen molar-refractivity contribution in [2.24, 2.45) is 0 Å². The fourth-order valence-electron chi connectivity index (χ4n) is 4.56. The molecule has 0 bridgehead atoms. The fraction of sp³-hybridized carbons (Fsp3) is 0.478. The topological polar surface area (TPSA) is 77.8 Å². The van der Waals surface area contributed by atoms with Crippen LogP contribution in [-0.4, -0.2) is 44.7 Å². The molecule has 5 nitrogen and oxygen atoms in total. The van der Waals surface area contributed by atoms with E-state index in [4.69, 9.17) is 0 Å². The summed E-state index contributed by atoms with van der Waals surface area (Å²) in [5, 5.41) is 20.4. The Kier molecular flexibility index (Phi) is 5.98. The van der Waals surface area contributed by atoms with Gasteiger partial charge in [0.15, 0.2) is 5.60 Å². The highest BCUT2D eigenvalue weighted by Gasteiger charge is 2.50. The number of carbonyl (C=O) groups is 2. The number of hydrogen-bond donors (Lipinski definition) is 2. The predicted octanol–water partition coefficient (Wildman–Crippen LogP) is 4.45. The number of allylic oxidation sites excluding steroid dienone is 4. The summed E-state index contributed by atoms with van der Waals surface area (Å²) < 4.78 is 0.308. The van der Waals surface area contributed by atoms with Crippen LogP contribution >= 0.6 is 22.6 Å². The molecule has 3 rings (SSSR count). The predicted molar refractivity (Wildman–Crippen MR) is 122 cm³/mol. The van der Waals surface area contributed by atoms with E-state index < -0.39 is 17.1 Å². The molecule has 1 unspecified atom stereocenters. The molecule has 29 heavy (non-hydrogen) atoms. The highest BCUT2D eigenvalue weighted by atomic mass is 127. The Morgan fingerprint density at radius 1 is 1.45 bits per heavy atom. The first-order chi connectivity index (χ1) is 13.6. The van der Waals surface area contributed by atoms with Crippen molar-refractivity contribution in [1.82, 2.24) is 4.90 Å². The number of rotatable bonds is 3. The van der Waals surface area contributed by atoms with Crippen LogP contribution in [0.4, 0.5) is 0 Å². The average molecular weight is 509 g/mol. The van der Waals surface area contributed by atoms with Crippen molar-refractivity contribution in [3.8, 4) is 0 Å². The molecule has 1 fully saturated rings. The van der Waals surface area contributed by atoms with Crippen LogP contribution in [0.15, 0.2) is 56.3 Å². The normalized spacial score (nSPS) is 31.2. The van der Waals surface area contributed by atoms with Crippen LogP contribution in [0.3, 0.4) is 0 Å². The summed E-state index contributed by atoms with van der Waals surface area (Å²) in [6.07, 6.45) is 9.51. The van der Waals surface area contributed by atoms with Gasteiger partial charge in [-0.05, 0) is 96.4 Å². The number of nitrogens with zero attached hydrogens (tertiary/aromatic N) is 1. The van der Waals surface area contributed by atoms with Crippen LogP contribution in [0.1, 0.15) is 52.9 Å². The van der Waals surface area contributed by atoms with Gasteiger partial charge in [-0.1, -0.05) is 31.7 Å². The minimum Gasteiger partial charge on any atom is -0.479 e. The molecule has 1 amide bonds. The standard InChI is InChI=1S/C23H28INO4/c1-5-15-8-7-9-17(14(15)3)16-10-11-22(4)12-18(23(29,6-2)21(27)28)19(24)20(26)25(22)13-16/h5,10-11,29H,3,6-9,12-13H2,1-2,4H3,(H,27,28)/b15-5+,17-16+/t22-,23?/m1/s1. The lowest BCUT2D eigenvalue weighted by atomic mass is 9.75. The number of halogens is 1. The number of aliphatic hydroxyl groups is 1. The third-order valence-electron chi connectivity index (χ3n) is 6.55. The van der Waals surface area contributed by atoms with Crippen LogP contribution in [0.2, 0.25) is 0 Å². The summed E-state index contributed by atoms with van der Waals surface area (Å²) in [6.45, 7) is 10.3. The monoisotopic (exact) mass is 509 g/mol. The zero-order valence-electron chi connectivity index (χ0n) is 17.2. The number of hydrogen-bond acceptors (Lipinski definition) is 3. The van der Waals surface area contributed by atoms with Gasteiger partial charge in [-0.25, -0.2) is 4.79 Å². The molecule has 2 aliphatic heterocycles. The number of carboxylic acids is 1. The highest BCUT2D eigenvalue weighted by Crippen LogP contribution is 2.45. The van der Waals surface area contributed by atoms with Crippen molar-refractivity contribution in [1.29, 1.82) is 0 Å². The summed E-state index contributed by atoms with van der Waals surface area (Å²) in [7, 11) is 0. The summed E-state index contributed by atoms with van der Waals surface area (Å²) in [5.41, 5.74) is 2.23. The molecule has 3 aliphatic rings. The van der Waals surface area contributed by atoms with E-state index in [9.17, 15) is 19.8 Å². The van der Waals surface area contributed by atoms with E-state index in [0.717, 1.165) is 30.4 Å². The smallest absolute Gasteiger partial charge is 0.340 e. The first kappa shape index (κ1) is 22.0. The Hall–Kier alpha value is -1.67. The van der Waals surface area contributed by atoms with Crippen LogP contribution in [0, 0.1) is 0 Å². The van der Waals surface area contributed by atoms with Gasteiger partial charge >= 0.3 is 5.97 Å². The van der Waals surface area contributed by atoms with Gasteiger partial charge in [0.2, 0.25) is 0 Å². The minimum absolute atomic E-state index is 0.0124. The van der Waals surface area contributed by atoms with E-state index in [0.29, 0.717) is 22.1 Å². The van der Waals surface area contributed by atoms with E-state index in [2.05, 4.69) is 18.7 Å². The third kappa shape index (κ3) is 3.54. The lowest BCUT2D eigenvalue weighted by molar-refractivity contribution is -0.155. The molecule has 0 saturated heterocycles. The molecule has 2 heterocycles. The molecule has 0 aromatic rings. The van der Waals surface area contributed by atoms with Crippen molar-refractivity contribution in [3.05, 3.63) is 56.3 Å². The summed E-state index contributed by atoms with van der Waals surface area (Å²) in [5.74, 6) is -1.54. The number of carbonyl (C=O) groups excluding carboxylic acids is 1. The molecule has 156 valence electrons. The molecule has 2 atom stereocenters. The van der Waals surface area contributed by atoms with E-state index in [1.165, 1.54) is 11.1 Å². The maximum atomic E-state index is 13.3. The van der Waals surface area contributed by atoms with Crippen LogP contribution in [-0.2, 0) is 9.59 Å². The zero-order valence-corrected chi connectivity index (χ0v) is 19.4. The van der Waals surface area contributed by atoms with Gasteiger partial charge in [-0.3, -0.25) is 4.79 Å². The van der Waals surface area contributed by atoms with E-state index in [1.54, 1.807) is 11.8 Å². The SMILES string of the molecule is C=C1/C(=C/C)CCC/C1=C1/C=C[C@]2(C)CC(C(O)(CC)C(=O)O)=C(I)C(=O)N2C1. The van der Waals surface area contributed by atoms with Gasteiger partial charge in [0.05, 0.1) is 9.12 Å². The number of aliphatic carboxylic acids is 1. The van der Waals surface area contributed by atoms with Crippen LogP contribution in [0.5, 0.6) is 0 Å². The zero-order chi connectivity index (χ0) is 21.6. The second kappa shape index (κ2) is 7.87. The van der Waals surface area contributed by atoms with E-state index in [-0.39, 0.29) is 12.3 Å². The molecular weight excluding hydrogens is 481 g/mol. The molecule has 0 aromatic heterocycles. The van der Waals surface area contributed by atoms with Gasteiger partial charge in [0.25, 0.3) is 5.91 Å². The molecule has 0 spiro atoms. The summed E-state index contributed by atoms with van der Waals surface area (Å²) in [4.78, 5) is 26.8. The van der Waals surface area contributed by atoms with Crippen molar-refractivity contribution in [2.75, 3.05) is 6.54 Å². The molecule has 1 saturated carbocycles. The molecule has 2 N–H and O–H groups in total. The Labute approximate surface area is 185 Å². The minimum atomic E-state index is -2.02. The van der Waals surface area contributed by atoms with E-state index in [1.807, 2.05) is 42.5 Å². The van der Waals surface area contributed by atoms with Gasteiger partial charge < -0.3 is 15.1 Å². The number of carboxylic acid groups (broad SMARTS) is 1. The first-order valence-corrected chi connectivity index (χ1v) is 11.1. The fourth-order valence-corrected chi connectivity index (χ4v) is 5.48. The van der Waals surface area contributed by atoms with Crippen molar-refractivity contribution >= 4 is 34.5 Å². The second-order valence-electron chi connectivity index (χ2n) is 8.22. The third-order valence-corrected chi connectivity index (χ3v) is 7.66. The molecule has 1 aliphatic carbocycles. The number of fused-ring (bicyclic) bond motifs is 1. The second-order valence-corrected chi connectivity index (χ2v) is 9.30. The molecule has 0 radical (unpaired) electrons. The largest absolute Gasteiger partial charge is 0.479 e. The Morgan fingerprint density at radius 3 is 2.72 bits per heavy atom. The lowest BCUT2D eigenvalue weighted by Crippen LogP contribution is -2.57. The average Bonchev–Trinajstić information content (AvgIpc) is 2.70. The van der Waals surface area contributed by atoms with Gasteiger partial charge in [-0.2, -0.15) is 0 Å². The van der Waals surface area contributed by atoms with Crippen molar-refractivity contribution in [2.45, 2.75) is 64.0 Å². The Morgan fingerprint density at radius 2 is 2.14 bits per heavy atom. The quantitative estimate of drug-likeness (QED) is 0.552. The van der Waals surface area contributed by atoms with Gasteiger partial charge in [0.1, 0.15) is 0 Å². The van der Waals surface area contributed by atoms with Gasteiger partial charge in [0, 0.05) is 6.54 Å². The van der Waals surface area contributed by atoms with Crippen molar-refractivity contribution < 1.29 is 19.8 Å². The summed E-state index contributed by atoms with van der Waals surface area (Å²) in [6, 6.07) is 0. The van der Waals surface area contributed by atoms with Crippen molar-refractivity contribution in [3.63, 3.8) is 0 Å². The Bertz CT molecular complexity index is 910. The maximum absolute atomic E-state index is 13.3. The van der Waals surface area contributed by atoms with E-state index >= 15 is 0 Å². The van der Waals surface area contributed by atoms with Gasteiger partial charge in [-0.15, -0.1) is 0 Å². The molecule has 6 heteroatoms. The lowest BCUT2D eigenvalue weighted by Gasteiger charge is -2.48. The van der Waals surface area contributed by atoms with Crippen LogP contribution < -0.4 is 0 Å². The summed E-state index contributed by atoms with van der Waals surface area (Å²) >= 11 is 1.90. The highest BCUT2D eigenvalue weighted by molar-refractivity contribution is 14.1. The molecular formula is C23H28INO4. The first-order valence-electron chi connectivity index (χ1n) is 10.0. The number of amides is 1.